The lowest BCUT2D eigenvalue weighted by molar-refractivity contribution is 0.102. The zero-order chi connectivity index (χ0) is 12.3. The van der Waals surface area contributed by atoms with E-state index < -0.39 is 11.7 Å². The highest BCUT2D eigenvalue weighted by molar-refractivity contribution is 6.02. The third-order valence-electron chi connectivity index (χ3n) is 2.14. The van der Waals surface area contributed by atoms with E-state index in [0.717, 1.165) is 0 Å². The van der Waals surface area contributed by atoms with Gasteiger partial charge in [0.05, 0.1) is 17.6 Å². The number of benzene rings is 1. The minimum Gasteiger partial charge on any atom is -0.397 e. The van der Waals surface area contributed by atoms with E-state index in [2.05, 4.69) is 10.3 Å². The number of carbonyl (C=O) groups excluding carboxylic acids is 1. The van der Waals surface area contributed by atoms with Crippen molar-refractivity contribution in [2.45, 2.75) is 0 Å². The highest BCUT2D eigenvalue weighted by Crippen LogP contribution is 2.13. The standard InChI is InChI=1S/C12H10FN3O/c13-9-3-1-2-4-10(9)16-12(17)11-6-5-8(14)7-15-11/h1-7H,14H2,(H,16,17). The fraction of sp³-hybridized carbons (Fsp3) is 0. The minimum absolute atomic E-state index is 0.121. The van der Waals surface area contributed by atoms with Gasteiger partial charge in [-0.05, 0) is 24.3 Å². The zero-order valence-corrected chi connectivity index (χ0v) is 8.85. The Labute approximate surface area is 97.3 Å². The Morgan fingerprint density at radius 1 is 1.24 bits per heavy atom. The summed E-state index contributed by atoms with van der Waals surface area (Å²) >= 11 is 0. The highest BCUT2D eigenvalue weighted by Gasteiger charge is 2.09. The summed E-state index contributed by atoms with van der Waals surface area (Å²) in [7, 11) is 0. The monoisotopic (exact) mass is 231 g/mol. The minimum atomic E-state index is -0.490. The molecule has 3 N–H and O–H groups in total. The number of halogens is 1. The largest absolute Gasteiger partial charge is 0.397 e. The number of para-hydroxylation sites is 1. The molecule has 0 spiro atoms. The first-order valence-electron chi connectivity index (χ1n) is 4.94. The molecule has 17 heavy (non-hydrogen) atoms. The van der Waals surface area contributed by atoms with Crippen LogP contribution in [0.4, 0.5) is 15.8 Å². The van der Waals surface area contributed by atoms with Gasteiger partial charge in [0.15, 0.2) is 0 Å². The van der Waals surface area contributed by atoms with Crippen molar-refractivity contribution in [2.24, 2.45) is 0 Å². The molecule has 1 amide bonds. The molecule has 0 saturated heterocycles. The van der Waals surface area contributed by atoms with Gasteiger partial charge in [-0.1, -0.05) is 12.1 Å². The van der Waals surface area contributed by atoms with E-state index in [1.54, 1.807) is 18.2 Å². The van der Waals surface area contributed by atoms with E-state index in [4.69, 9.17) is 5.73 Å². The number of anilines is 2. The summed E-state index contributed by atoms with van der Waals surface area (Å²) in [6.45, 7) is 0. The van der Waals surface area contributed by atoms with Crippen LogP contribution in [0.25, 0.3) is 0 Å². The Morgan fingerprint density at radius 3 is 2.65 bits per heavy atom. The first-order valence-corrected chi connectivity index (χ1v) is 4.94. The average molecular weight is 231 g/mol. The molecule has 0 saturated carbocycles. The van der Waals surface area contributed by atoms with Crippen LogP contribution in [0, 0.1) is 5.82 Å². The predicted molar refractivity (Wildman–Crippen MR) is 63.0 cm³/mol. The first-order chi connectivity index (χ1) is 8.16. The molecule has 0 bridgehead atoms. The lowest BCUT2D eigenvalue weighted by Gasteiger charge is -2.05. The maximum Gasteiger partial charge on any atom is 0.274 e. The van der Waals surface area contributed by atoms with Crippen molar-refractivity contribution in [1.82, 2.24) is 4.98 Å². The number of hydrogen-bond donors (Lipinski definition) is 2. The number of nitrogen functional groups attached to an aromatic ring is 1. The smallest absolute Gasteiger partial charge is 0.274 e. The van der Waals surface area contributed by atoms with E-state index >= 15 is 0 Å². The summed E-state index contributed by atoms with van der Waals surface area (Å²) in [5.41, 5.74) is 6.22. The summed E-state index contributed by atoms with van der Waals surface area (Å²) in [6, 6.07) is 8.97. The number of carbonyl (C=O) groups is 1. The molecule has 0 aliphatic rings. The lowest BCUT2D eigenvalue weighted by Crippen LogP contribution is -2.14. The second-order valence-corrected chi connectivity index (χ2v) is 3.41. The van der Waals surface area contributed by atoms with Gasteiger partial charge in [-0.15, -0.1) is 0 Å². The van der Waals surface area contributed by atoms with Crippen LogP contribution >= 0.6 is 0 Å². The van der Waals surface area contributed by atoms with Crippen molar-refractivity contribution in [3.63, 3.8) is 0 Å². The van der Waals surface area contributed by atoms with E-state index in [1.165, 1.54) is 24.4 Å². The summed E-state index contributed by atoms with van der Waals surface area (Å²) in [6.07, 6.45) is 1.37. The van der Waals surface area contributed by atoms with Crippen molar-refractivity contribution < 1.29 is 9.18 Å². The molecule has 5 heteroatoms. The molecule has 1 heterocycles. The molecule has 0 unspecified atom stereocenters. The molecule has 86 valence electrons. The second kappa shape index (κ2) is 4.61. The van der Waals surface area contributed by atoms with Crippen LogP contribution in [-0.2, 0) is 0 Å². The van der Waals surface area contributed by atoms with Crippen molar-refractivity contribution in [2.75, 3.05) is 11.1 Å². The molecule has 4 nitrogen and oxygen atoms in total. The Kier molecular flexibility index (Phi) is 3.00. The van der Waals surface area contributed by atoms with Crippen molar-refractivity contribution in [3.05, 3.63) is 54.1 Å². The van der Waals surface area contributed by atoms with Gasteiger partial charge in [0, 0.05) is 0 Å². The van der Waals surface area contributed by atoms with Crippen LogP contribution in [0.3, 0.4) is 0 Å². The fourth-order valence-electron chi connectivity index (χ4n) is 1.29. The van der Waals surface area contributed by atoms with E-state index in [0.29, 0.717) is 5.69 Å². The van der Waals surface area contributed by atoms with Gasteiger partial charge in [0.25, 0.3) is 5.91 Å². The number of aromatic nitrogens is 1. The van der Waals surface area contributed by atoms with Gasteiger partial charge in [0.2, 0.25) is 0 Å². The molecule has 0 radical (unpaired) electrons. The molecule has 0 atom stereocenters. The summed E-state index contributed by atoms with van der Waals surface area (Å²) in [5, 5.41) is 2.43. The normalized spacial score (nSPS) is 9.94. The quantitative estimate of drug-likeness (QED) is 0.831. The molecular formula is C12H10FN3O. The van der Waals surface area contributed by atoms with E-state index in [-0.39, 0.29) is 11.4 Å². The summed E-state index contributed by atoms with van der Waals surface area (Å²) in [4.78, 5) is 15.5. The van der Waals surface area contributed by atoms with Crippen LogP contribution < -0.4 is 11.1 Å². The summed E-state index contributed by atoms with van der Waals surface area (Å²) < 4.78 is 13.3. The molecule has 1 aromatic heterocycles. The van der Waals surface area contributed by atoms with Gasteiger partial charge in [0.1, 0.15) is 11.5 Å². The Balaban J connectivity index is 2.17. The van der Waals surface area contributed by atoms with Gasteiger partial charge >= 0.3 is 0 Å². The third kappa shape index (κ3) is 2.57. The number of rotatable bonds is 2. The fourth-order valence-corrected chi connectivity index (χ4v) is 1.29. The molecule has 0 aliphatic heterocycles. The predicted octanol–water partition coefficient (Wildman–Crippen LogP) is 2.06. The zero-order valence-electron chi connectivity index (χ0n) is 8.85. The SMILES string of the molecule is Nc1ccc(C(=O)Nc2ccccc2F)nc1. The lowest BCUT2D eigenvalue weighted by atomic mass is 10.2. The van der Waals surface area contributed by atoms with Gasteiger partial charge in [-0.2, -0.15) is 0 Å². The van der Waals surface area contributed by atoms with Crippen LogP contribution in [0.15, 0.2) is 42.6 Å². The number of pyridine rings is 1. The van der Waals surface area contributed by atoms with E-state index in [1.807, 2.05) is 0 Å². The highest BCUT2D eigenvalue weighted by atomic mass is 19.1. The number of hydrogen-bond acceptors (Lipinski definition) is 3. The van der Waals surface area contributed by atoms with Crippen molar-refractivity contribution in [3.8, 4) is 0 Å². The Morgan fingerprint density at radius 2 is 2.00 bits per heavy atom. The van der Waals surface area contributed by atoms with Crippen LogP contribution in [0.5, 0.6) is 0 Å². The maximum absolute atomic E-state index is 13.3. The topological polar surface area (TPSA) is 68.0 Å². The van der Waals surface area contributed by atoms with Gasteiger partial charge in [-0.3, -0.25) is 4.79 Å². The molecule has 0 aliphatic carbocycles. The average Bonchev–Trinajstić information content (AvgIpc) is 2.33. The van der Waals surface area contributed by atoms with Gasteiger partial charge < -0.3 is 11.1 Å². The third-order valence-corrected chi connectivity index (χ3v) is 2.14. The molecule has 1 aromatic carbocycles. The second-order valence-electron chi connectivity index (χ2n) is 3.41. The summed E-state index contributed by atoms with van der Waals surface area (Å²) in [5.74, 6) is -0.966. The van der Waals surface area contributed by atoms with Gasteiger partial charge in [-0.25, -0.2) is 9.37 Å². The van der Waals surface area contributed by atoms with E-state index in [9.17, 15) is 9.18 Å². The maximum atomic E-state index is 13.3. The molecule has 2 rings (SSSR count). The first kappa shape index (κ1) is 11.1. The number of nitrogens with one attached hydrogen (secondary N) is 1. The number of amides is 1. The van der Waals surface area contributed by atoms with Crippen LogP contribution in [0.2, 0.25) is 0 Å². The van der Waals surface area contributed by atoms with Crippen molar-refractivity contribution >= 4 is 17.3 Å². The molecule has 2 aromatic rings. The van der Waals surface area contributed by atoms with Crippen LogP contribution in [-0.4, -0.2) is 10.9 Å². The molecule has 0 fully saturated rings. The van der Waals surface area contributed by atoms with Crippen LogP contribution in [0.1, 0.15) is 10.5 Å². The Bertz CT molecular complexity index is 540. The number of nitrogens with zero attached hydrogens (tertiary/aromatic N) is 1. The van der Waals surface area contributed by atoms with Crippen molar-refractivity contribution in [1.29, 1.82) is 0 Å². The Hall–Kier alpha value is -2.43. The molecular weight excluding hydrogens is 221 g/mol. The number of nitrogens with two attached hydrogens (primary N) is 1.